The zero-order valence-electron chi connectivity index (χ0n) is 13.3. The van der Waals surface area contributed by atoms with Gasteiger partial charge in [-0.2, -0.15) is 0 Å². The van der Waals surface area contributed by atoms with Gasteiger partial charge in [0.15, 0.2) is 10.1 Å². The van der Waals surface area contributed by atoms with Gasteiger partial charge in [-0.3, -0.25) is 4.79 Å². The lowest BCUT2D eigenvalue weighted by molar-refractivity contribution is 0.0994. The molecule has 1 aromatic heterocycles. The van der Waals surface area contributed by atoms with E-state index in [0.717, 1.165) is 27.1 Å². The summed E-state index contributed by atoms with van der Waals surface area (Å²) in [4.78, 5) is 12.4. The van der Waals surface area contributed by atoms with E-state index in [9.17, 15) is 4.79 Å². The number of aromatic nitrogens is 2. The zero-order chi connectivity index (χ0) is 16.1. The second-order valence-corrected chi connectivity index (χ2v) is 8.20. The Labute approximate surface area is 139 Å². The molecular weight excluding hydrogens is 314 g/mol. The summed E-state index contributed by atoms with van der Waals surface area (Å²) in [5.41, 5.74) is 1.90. The maximum absolute atomic E-state index is 12.4. The van der Waals surface area contributed by atoms with Crippen molar-refractivity contribution in [1.82, 2.24) is 10.2 Å². The molecule has 0 saturated carbocycles. The van der Waals surface area contributed by atoms with Crippen LogP contribution in [0.2, 0.25) is 0 Å². The quantitative estimate of drug-likeness (QED) is 0.604. The predicted octanol–water partition coefficient (Wildman–Crippen LogP) is 4.28. The number of hydrogen-bond acceptors (Lipinski definition) is 6. The molecule has 1 atom stereocenters. The second-order valence-electron chi connectivity index (χ2n) is 5.64. The first-order valence-electron chi connectivity index (χ1n) is 7.30. The van der Waals surface area contributed by atoms with Gasteiger partial charge in [-0.1, -0.05) is 66.8 Å². The molecule has 0 spiro atoms. The summed E-state index contributed by atoms with van der Waals surface area (Å²) in [5, 5.41) is 12.1. The number of carbonyl (C=O) groups excluding carboxylic acids is 1. The Morgan fingerprint density at radius 2 is 1.91 bits per heavy atom. The average Bonchev–Trinajstić information content (AvgIpc) is 2.92. The molecule has 0 aliphatic rings. The summed E-state index contributed by atoms with van der Waals surface area (Å²) in [6, 6.07) is 7.68. The molecule has 0 amide bonds. The largest absolute Gasteiger partial charge is 0.360 e. The first kappa shape index (κ1) is 17.0. The number of nitrogens with one attached hydrogen (secondary N) is 1. The Hall–Kier alpha value is -1.40. The minimum absolute atomic E-state index is 0.122. The Bertz CT molecular complexity index is 623. The van der Waals surface area contributed by atoms with E-state index in [4.69, 9.17) is 0 Å². The molecule has 1 unspecified atom stereocenters. The molecule has 1 aromatic carbocycles. The van der Waals surface area contributed by atoms with Crippen LogP contribution >= 0.6 is 23.1 Å². The van der Waals surface area contributed by atoms with Gasteiger partial charge in [-0.25, -0.2) is 0 Å². The van der Waals surface area contributed by atoms with Crippen molar-refractivity contribution >= 4 is 34.0 Å². The Morgan fingerprint density at radius 1 is 1.23 bits per heavy atom. The summed E-state index contributed by atoms with van der Waals surface area (Å²) in [7, 11) is 0. The van der Waals surface area contributed by atoms with Gasteiger partial charge in [0, 0.05) is 12.1 Å². The topological polar surface area (TPSA) is 54.9 Å². The van der Waals surface area contributed by atoms with Crippen molar-refractivity contribution in [2.45, 2.75) is 37.3 Å². The first-order valence-corrected chi connectivity index (χ1v) is 9.00. The molecule has 2 rings (SSSR count). The Balaban J connectivity index is 1.95. The van der Waals surface area contributed by atoms with Crippen molar-refractivity contribution < 1.29 is 4.79 Å². The maximum atomic E-state index is 12.4. The monoisotopic (exact) mass is 335 g/mol. The fourth-order valence-electron chi connectivity index (χ4n) is 1.78. The number of aryl methyl sites for hydroxylation is 1. The van der Waals surface area contributed by atoms with Gasteiger partial charge in [0.05, 0.1) is 5.25 Å². The summed E-state index contributed by atoms with van der Waals surface area (Å²) in [6.07, 6.45) is 0. The predicted molar refractivity (Wildman–Crippen MR) is 94.1 cm³/mol. The molecule has 4 nitrogen and oxygen atoms in total. The normalized spacial score (nSPS) is 12.4. The third kappa shape index (κ3) is 4.81. The number of benzene rings is 1. The molecule has 6 heteroatoms. The maximum Gasteiger partial charge on any atom is 0.206 e. The van der Waals surface area contributed by atoms with Crippen LogP contribution in [0.25, 0.3) is 0 Å². The van der Waals surface area contributed by atoms with Crippen molar-refractivity contribution in [3.63, 3.8) is 0 Å². The van der Waals surface area contributed by atoms with E-state index in [1.54, 1.807) is 0 Å². The van der Waals surface area contributed by atoms with Crippen LogP contribution in [0, 0.1) is 12.8 Å². The summed E-state index contributed by atoms with van der Waals surface area (Å²) in [5.74, 6) is 0.680. The second kappa shape index (κ2) is 7.74. The third-order valence-electron chi connectivity index (χ3n) is 3.05. The van der Waals surface area contributed by atoms with Crippen molar-refractivity contribution in [1.29, 1.82) is 0 Å². The SMILES string of the molecule is Cc1ccc(C(=O)C(C)Sc2nnc(NCC(C)C)s2)cc1. The molecule has 1 N–H and O–H groups in total. The van der Waals surface area contributed by atoms with E-state index in [1.807, 2.05) is 38.1 Å². The fraction of sp³-hybridized carbons (Fsp3) is 0.438. The van der Waals surface area contributed by atoms with Crippen molar-refractivity contribution in [3.05, 3.63) is 35.4 Å². The molecule has 0 bridgehead atoms. The molecule has 0 aliphatic carbocycles. The van der Waals surface area contributed by atoms with Crippen LogP contribution in [-0.4, -0.2) is 27.8 Å². The zero-order valence-corrected chi connectivity index (χ0v) is 14.9. The number of ketones is 1. The molecule has 22 heavy (non-hydrogen) atoms. The standard InChI is InChI=1S/C16H21N3OS2/c1-10(2)9-17-15-18-19-16(22-15)21-12(4)14(20)13-7-5-11(3)6-8-13/h5-8,10,12H,9H2,1-4H3,(H,17,18). The van der Waals surface area contributed by atoms with Crippen LogP contribution in [0.4, 0.5) is 5.13 Å². The lowest BCUT2D eigenvalue weighted by Crippen LogP contribution is -2.13. The number of Topliss-reactive ketones (excluding diaryl/α,β-unsaturated/α-hetero) is 1. The molecule has 2 aromatic rings. The molecule has 0 radical (unpaired) electrons. The minimum atomic E-state index is -0.173. The minimum Gasteiger partial charge on any atom is -0.360 e. The highest BCUT2D eigenvalue weighted by Crippen LogP contribution is 2.30. The molecular formula is C16H21N3OS2. The molecule has 0 fully saturated rings. The lowest BCUT2D eigenvalue weighted by atomic mass is 10.1. The van der Waals surface area contributed by atoms with E-state index < -0.39 is 0 Å². The summed E-state index contributed by atoms with van der Waals surface area (Å²) >= 11 is 2.96. The highest BCUT2D eigenvalue weighted by Gasteiger charge is 2.18. The van der Waals surface area contributed by atoms with Crippen LogP contribution in [0.1, 0.15) is 36.7 Å². The fourth-order valence-corrected chi connectivity index (χ4v) is 3.76. The number of anilines is 1. The van der Waals surface area contributed by atoms with Gasteiger partial charge in [-0.05, 0) is 19.8 Å². The van der Waals surface area contributed by atoms with Gasteiger partial charge in [0.1, 0.15) is 0 Å². The van der Waals surface area contributed by atoms with E-state index in [2.05, 4.69) is 29.4 Å². The molecule has 0 aliphatic heterocycles. The van der Waals surface area contributed by atoms with Gasteiger partial charge in [-0.15, -0.1) is 10.2 Å². The van der Waals surface area contributed by atoms with E-state index in [1.165, 1.54) is 23.1 Å². The first-order chi connectivity index (χ1) is 10.5. The van der Waals surface area contributed by atoms with E-state index >= 15 is 0 Å². The third-order valence-corrected chi connectivity index (χ3v) is 5.12. The highest BCUT2D eigenvalue weighted by molar-refractivity contribution is 8.02. The van der Waals surface area contributed by atoms with E-state index in [-0.39, 0.29) is 11.0 Å². The number of hydrogen-bond donors (Lipinski definition) is 1. The van der Waals surface area contributed by atoms with E-state index in [0.29, 0.717) is 5.92 Å². The smallest absolute Gasteiger partial charge is 0.206 e. The van der Waals surface area contributed by atoms with Gasteiger partial charge >= 0.3 is 0 Å². The average molecular weight is 335 g/mol. The molecule has 0 saturated heterocycles. The Kier molecular flexibility index (Phi) is 5.97. The van der Waals surface area contributed by atoms with Gasteiger partial charge < -0.3 is 5.32 Å². The van der Waals surface area contributed by atoms with Gasteiger partial charge in [0.25, 0.3) is 0 Å². The highest BCUT2D eigenvalue weighted by atomic mass is 32.2. The number of carbonyl (C=O) groups is 1. The van der Waals surface area contributed by atoms with Crippen molar-refractivity contribution in [3.8, 4) is 0 Å². The van der Waals surface area contributed by atoms with Crippen molar-refractivity contribution in [2.75, 3.05) is 11.9 Å². The number of nitrogens with zero attached hydrogens (tertiary/aromatic N) is 2. The Morgan fingerprint density at radius 3 is 2.55 bits per heavy atom. The van der Waals surface area contributed by atoms with Gasteiger partial charge in [0.2, 0.25) is 5.13 Å². The van der Waals surface area contributed by atoms with Crippen LogP contribution in [0.15, 0.2) is 28.6 Å². The van der Waals surface area contributed by atoms with Crippen LogP contribution < -0.4 is 5.32 Å². The molecule has 118 valence electrons. The lowest BCUT2D eigenvalue weighted by Gasteiger charge is -2.08. The number of rotatable bonds is 7. The number of thioether (sulfide) groups is 1. The van der Waals surface area contributed by atoms with Crippen LogP contribution in [0.5, 0.6) is 0 Å². The summed E-state index contributed by atoms with van der Waals surface area (Å²) in [6.45, 7) is 9.09. The van der Waals surface area contributed by atoms with Crippen LogP contribution in [-0.2, 0) is 0 Å². The summed E-state index contributed by atoms with van der Waals surface area (Å²) < 4.78 is 0.819. The molecule has 1 heterocycles. The van der Waals surface area contributed by atoms with Crippen molar-refractivity contribution in [2.24, 2.45) is 5.92 Å². The van der Waals surface area contributed by atoms with Crippen LogP contribution in [0.3, 0.4) is 0 Å².